The molecule has 1 aliphatic carbocycles. The summed E-state index contributed by atoms with van der Waals surface area (Å²) in [6.45, 7) is 3.50. The van der Waals surface area contributed by atoms with E-state index in [1.807, 2.05) is 25.1 Å². The molecule has 1 aliphatic heterocycles. The van der Waals surface area contributed by atoms with Gasteiger partial charge in [0.25, 0.3) is 10.1 Å². The molecule has 0 aromatic heterocycles. The topological polar surface area (TPSA) is 101 Å². The lowest BCUT2D eigenvalue weighted by Crippen LogP contribution is -3.00. The molecule has 4 rings (SSSR count). The molecule has 0 spiro atoms. The number of hydrogen-bond acceptors (Lipinski definition) is 5. The monoisotopic (exact) mass is 569 g/mol. The summed E-state index contributed by atoms with van der Waals surface area (Å²) in [6, 6.07) is 15.5. The van der Waals surface area contributed by atoms with Crippen molar-refractivity contribution >= 4 is 16.1 Å². The molecule has 2 aromatic rings. The first-order valence-electron chi connectivity index (χ1n) is 11.7. The van der Waals surface area contributed by atoms with E-state index in [9.17, 15) is 13.2 Å². The average molecular weight is 571 g/mol. The molecule has 2 N–H and O–H groups in total. The summed E-state index contributed by atoms with van der Waals surface area (Å²) in [7, 11) is -0.0169. The van der Waals surface area contributed by atoms with Gasteiger partial charge in [-0.25, -0.2) is 8.98 Å². The molecule has 0 radical (unpaired) electrons. The van der Waals surface area contributed by atoms with Gasteiger partial charge in [0.2, 0.25) is 5.60 Å². The summed E-state index contributed by atoms with van der Waals surface area (Å²) in [6.07, 6.45) is 3.75. The van der Waals surface area contributed by atoms with Gasteiger partial charge < -0.3 is 31.7 Å². The fourth-order valence-electron chi connectivity index (χ4n) is 5.18. The van der Waals surface area contributed by atoms with E-state index >= 15 is 0 Å². The van der Waals surface area contributed by atoms with Crippen molar-refractivity contribution in [1.29, 1.82) is 0 Å². The molecule has 2 fully saturated rings. The first-order chi connectivity index (χ1) is 15.6. The quantitative estimate of drug-likeness (QED) is 0.272. The van der Waals surface area contributed by atoms with Gasteiger partial charge in [0.15, 0.2) is 6.10 Å². The summed E-state index contributed by atoms with van der Waals surface area (Å²) in [4.78, 5) is 14.0. The molecule has 2 atom stereocenters. The number of nitrogens with zero attached hydrogens (tertiary/aromatic N) is 1. The molecule has 35 heavy (non-hydrogen) atoms. The highest BCUT2D eigenvalue weighted by atomic mass is 79.9. The number of rotatable bonds is 7. The third-order valence-electron chi connectivity index (χ3n) is 7.01. The Morgan fingerprint density at radius 3 is 2.11 bits per heavy atom. The van der Waals surface area contributed by atoms with Crippen molar-refractivity contribution < 1.29 is 49.1 Å². The SMILES string of the molecule is Cc1ccc(S(=O)(=O)OC(C(=O)OC2CC[N+](C)(C)C2)(c2ccccc2)C2CCCC2)cc1.O.[Br-]. The zero-order chi connectivity index (χ0) is 23.7. The molecule has 9 heteroatoms. The van der Waals surface area contributed by atoms with Crippen LogP contribution in [0.1, 0.15) is 43.2 Å². The third kappa shape index (κ3) is 6.32. The number of benzene rings is 2. The second kappa shape index (κ2) is 11.5. The number of hydrogen-bond donors (Lipinski definition) is 0. The number of likely N-dealkylation sites (tertiary alicyclic amines) is 1. The number of carbonyl (C=O) groups excluding carboxylic acids is 1. The number of carbonyl (C=O) groups is 1. The molecular weight excluding hydrogens is 534 g/mol. The molecule has 2 aliphatic rings. The van der Waals surface area contributed by atoms with Crippen LogP contribution in [0.5, 0.6) is 0 Å². The van der Waals surface area contributed by atoms with Crippen LogP contribution >= 0.6 is 0 Å². The minimum absolute atomic E-state index is 0. The maximum Gasteiger partial charge on any atom is 0.345 e. The van der Waals surface area contributed by atoms with Crippen LogP contribution in [0, 0.1) is 12.8 Å². The van der Waals surface area contributed by atoms with Crippen LogP contribution in [0.25, 0.3) is 0 Å². The van der Waals surface area contributed by atoms with Crippen molar-refractivity contribution in [2.24, 2.45) is 5.92 Å². The normalized spacial score (nSPS) is 21.4. The lowest BCUT2D eigenvalue weighted by Gasteiger charge is -2.37. The van der Waals surface area contributed by atoms with Crippen molar-refractivity contribution in [3.63, 3.8) is 0 Å². The van der Waals surface area contributed by atoms with Gasteiger partial charge in [0, 0.05) is 12.3 Å². The van der Waals surface area contributed by atoms with Gasteiger partial charge in [-0.2, -0.15) is 8.42 Å². The van der Waals surface area contributed by atoms with Crippen LogP contribution < -0.4 is 17.0 Å². The third-order valence-corrected chi connectivity index (χ3v) is 8.35. The van der Waals surface area contributed by atoms with Crippen molar-refractivity contribution in [2.75, 3.05) is 27.2 Å². The van der Waals surface area contributed by atoms with Gasteiger partial charge in [-0.1, -0.05) is 60.9 Å². The molecular formula is C26H36BrNO6S. The highest BCUT2D eigenvalue weighted by molar-refractivity contribution is 7.86. The fourth-order valence-corrected chi connectivity index (χ4v) is 6.39. The Kier molecular flexibility index (Phi) is 9.69. The summed E-state index contributed by atoms with van der Waals surface area (Å²) < 4.78 is 39.8. The van der Waals surface area contributed by atoms with E-state index in [0.717, 1.165) is 35.9 Å². The van der Waals surface area contributed by atoms with Gasteiger partial charge in [-0.05, 0) is 37.5 Å². The van der Waals surface area contributed by atoms with Crippen molar-refractivity contribution in [1.82, 2.24) is 0 Å². The van der Waals surface area contributed by atoms with Gasteiger partial charge in [-0.3, -0.25) is 0 Å². The van der Waals surface area contributed by atoms with E-state index in [2.05, 4.69) is 14.1 Å². The Bertz CT molecular complexity index is 1080. The van der Waals surface area contributed by atoms with E-state index in [1.165, 1.54) is 12.1 Å². The summed E-state index contributed by atoms with van der Waals surface area (Å²) >= 11 is 0. The predicted octanol–water partition coefficient (Wildman–Crippen LogP) is 0.357. The van der Waals surface area contributed by atoms with Crippen LogP contribution in [-0.4, -0.2) is 57.6 Å². The van der Waals surface area contributed by atoms with E-state index in [0.29, 0.717) is 24.9 Å². The molecule has 0 amide bonds. The Hall–Kier alpha value is -1.78. The Morgan fingerprint density at radius 2 is 1.57 bits per heavy atom. The molecule has 1 heterocycles. The number of aryl methyl sites for hydroxylation is 1. The van der Waals surface area contributed by atoms with E-state index in [-0.39, 0.29) is 39.4 Å². The first-order valence-corrected chi connectivity index (χ1v) is 13.1. The second-order valence-corrected chi connectivity index (χ2v) is 11.6. The second-order valence-electron chi connectivity index (χ2n) is 10.1. The smallest absolute Gasteiger partial charge is 0.345 e. The van der Waals surface area contributed by atoms with Crippen molar-refractivity contribution in [2.45, 2.75) is 55.6 Å². The highest BCUT2D eigenvalue weighted by Crippen LogP contribution is 2.46. The zero-order valence-electron chi connectivity index (χ0n) is 20.6. The lowest BCUT2D eigenvalue weighted by atomic mass is 9.80. The van der Waals surface area contributed by atoms with Crippen molar-refractivity contribution in [3.05, 3.63) is 65.7 Å². The Labute approximate surface area is 219 Å². The van der Waals surface area contributed by atoms with Crippen molar-refractivity contribution in [3.8, 4) is 0 Å². The first kappa shape index (κ1) is 29.5. The lowest BCUT2D eigenvalue weighted by molar-refractivity contribution is -0.879. The number of halogens is 1. The van der Waals surface area contributed by atoms with Gasteiger partial charge in [0.1, 0.15) is 6.54 Å². The minimum Gasteiger partial charge on any atom is -1.00 e. The zero-order valence-corrected chi connectivity index (χ0v) is 23.0. The van der Waals surface area contributed by atoms with Crippen LogP contribution in [0.2, 0.25) is 0 Å². The molecule has 0 bridgehead atoms. The summed E-state index contributed by atoms with van der Waals surface area (Å²) in [5.74, 6) is -0.875. The highest BCUT2D eigenvalue weighted by Gasteiger charge is 2.55. The van der Waals surface area contributed by atoms with E-state index in [1.54, 1.807) is 24.3 Å². The van der Waals surface area contributed by atoms with Crippen LogP contribution in [0.15, 0.2) is 59.5 Å². The molecule has 1 saturated heterocycles. The average Bonchev–Trinajstić information content (AvgIpc) is 3.43. The Balaban J connectivity index is 0.00000216. The maximum atomic E-state index is 14.0. The molecule has 1 saturated carbocycles. The minimum atomic E-state index is -4.23. The number of quaternary nitrogens is 1. The van der Waals surface area contributed by atoms with E-state index in [4.69, 9.17) is 8.92 Å². The largest absolute Gasteiger partial charge is 1.00 e. The predicted molar refractivity (Wildman–Crippen MR) is 129 cm³/mol. The number of ether oxygens (including phenoxy) is 1. The maximum absolute atomic E-state index is 14.0. The Morgan fingerprint density at radius 1 is 0.971 bits per heavy atom. The van der Waals surface area contributed by atoms with Gasteiger partial charge in [-0.15, -0.1) is 0 Å². The van der Waals surface area contributed by atoms with Crippen LogP contribution in [0.4, 0.5) is 0 Å². The standard InChI is InChI=1S/C26H34NO5S.BrH.H2O/c1-20-13-15-24(16-14-20)33(29,30)32-26(22-11-7-8-12-22,21-9-5-4-6-10-21)25(28)31-23-17-18-27(2,3)19-23;;/h4-6,9-10,13-16,22-23H,7-8,11-12,17-19H2,1-3H3;1H;1H2/q+1;;/p-1. The number of esters is 1. The molecule has 2 unspecified atom stereocenters. The number of likely N-dealkylation sites (N-methyl/N-ethyl adjacent to an activating group) is 1. The summed E-state index contributed by atoms with van der Waals surface area (Å²) in [5, 5.41) is 0. The van der Waals surface area contributed by atoms with Gasteiger partial charge >= 0.3 is 5.97 Å². The fraction of sp³-hybridized carbons (Fsp3) is 0.500. The van der Waals surface area contributed by atoms with E-state index < -0.39 is 21.7 Å². The summed E-state index contributed by atoms with van der Waals surface area (Å²) in [5.41, 5.74) is -0.230. The molecule has 2 aromatic carbocycles. The molecule has 7 nitrogen and oxygen atoms in total. The van der Waals surface area contributed by atoms with Gasteiger partial charge in [0.05, 0.1) is 25.5 Å². The van der Waals surface area contributed by atoms with Crippen LogP contribution in [-0.2, 0) is 29.4 Å². The molecule has 194 valence electrons. The van der Waals surface area contributed by atoms with Crippen LogP contribution in [0.3, 0.4) is 0 Å².